The minimum absolute atomic E-state index is 0.612. The molecule has 3 aromatic rings. The summed E-state index contributed by atoms with van der Waals surface area (Å²) in [5.74, 6) is 1.49. The number of imidazole rings is 1. The molecule has 4 nitrogen and oxygen atoms in total. The summed E-state index contributed by atoms with van der Waals surface area (Å²) < 4.78 is 8.31. The van der Waals surface area contributed by atoms with E-state index < -0.39 is 0 Å². The SMILES string of the molecule is CCn1c(-c2ccc(Br)o2)nc2cc(C#N)ccc21. The predicted octanol–water partition coefficient (Wildman–Crippen LogP) is 3.95. The maximum atomic E-state index is 8.94. The number of benzene rings is 1. The number of hydrogen-bond donors (Lipinski definition) is 0. The van der Waals surface area contributed by atoms with Crippen molar-refractivity contribution in [2.75, 3.05) is 0 Å². The molecule has 2 aromatic heterocycles. The van der Waals surface area contributed by atoms with Gasteiger partial charge in [0, 0.05) is 6.54 Å². The van der Waals surface area contributed by atoms with Crippen molar-refractivity contribution in [3.63, 3.8) is 0 Å². The zero-order valence-corrected chi connectivity index (χ0v) is 11.8. The molecular weight excluding hydrogens is 306 g/mol. The van der Waals surface area contributed by atoms with Gasteiger partial charge < -0.3 is 8.98 Å². The minimum atomic E-state index is 0.612. The molecule has 0 aliphatic heterocycles. The van der Waals surface area contributed by atoms with Crippen LogP contribution in [0.15, 0.2) is 39.4 Å². The topological polar surface area (TPSA) is 54.8 Å². The first kappa shape index (κ1) is 12.0. The van der Waals surface area contributed by atoms with Crippen LogP contribution in [0.3, 0.4) is 0 Å². The van der Waals surface area contributed by atoms with Gasteiger partial charge in [0.25, 0.3) is 0 Å². The fourth-order valence-electron chi connectivity index (χ4n) is 2.14. The smallest absolute Gasteiger partial charge is 0.177 e. The van der Waals surface area contributed by atoms with E-state index in [0.717, 1.165) is 23.4 Å². The Morgan fingerprint density at radius 3 is 2.84 bits per heavy atom. The number of nitrogens with zero attached hydrogens (tertiary/aromatic N) is 3. The van der Waals surface area contributed by atoms with Gasteiger partial charge in [0.15, 0.2) is 16.3 Å². The van der Waals surface area contributed by atoms with Gasteiger partial charge in [-0.05, 0) is 53.2 Å². The largest absolute Gasteiger partial charge is 0.446 e. The molecule has 0 atom stereocenters. The number of halogens is 1. The van der Waals surface area contributed by atoms with Crippen LogP contribution in [-0.4, -0.2) is 9.55 Å². The van der Waals surface area contributed by atoms with Gasteiger partial charge in [-0.3, -0.25) is 0 Å². The zero-order chi connectivity index (χ0) is 13.4. The average Bonchev–Trinajstić information content (AvgIpc) is 3.00. The van der Waals surface area contributed by atoms with Crippen molar-refractivity contribution in [1.29, 1.82) is 5.26 Å². The van der Waals surface area contributed by atoms with Crippen LogP contribution in [-0.2, 0) is 6.54 Å². The van der Waals surface area contributed by atoms with E-state index in [9.17, 15) is 0 Å². The molecule has 0 bridgehead atoms. The molecule has 0 aliphatic rings. The molecule has 0 amide bonds. The summed E-state index contributed by atoms with van der Waals surface area (Å²) in [5.41, 5.74) is 2.42. The van der Waals surface area contributed by atoms with Gasteiger partial charge in [0.2, 0.25) is 0 Å². The van der Waals surface area contributed by atoms with Crippen LogP contribution in [0.5, 0.6) is 0 Å². The highest BCUT2D eigenvalue weighted by Gasteiger charge is 2.14. The second kappa shape index (κ2) is 4.56. The lowest BCUT2D eigenvalue weighted by Gasteiger charge is -2.03. The van der Waals surface area contributed by atoms with Gasteiger partial charge in [0.1, 0.15) is 0 Å². The first-order valence-corrected chi connectivity index (χ1v) is 6.68. The van der Waals surface area contributed by atoms with Crippen molar-refractivity contribution in [1.82, 2.24) is 9.55 Å². The number of aromatic nitrogens is 2. The van der Waals surface area contributed by atoms with E-state index in [1.54, 1.807) is 12.1 Å². The Morgan fingerprint density at radius 2 is 2.21 bits per heavy atom. The van der Waals surface area contributed by atoms with Gasteiger partial charge in [-0.2, -0.15) is 5.26 Å². The normalized spacial score (nSPS) is 10.8. The summed E-state index contributed by atoms with van der Waals surface area (Å²) in [6.45, 7) is 2.84. The van der Waals surface area contributed by atoms with E-state index in [1.165, 1.54) is 0 Å². The molecule has 2 heterocycles. The fourth-order valence-corrected chi connectivity index (χ4v) is 2.45. The maximum Gasteiger partial charge on any atom is 0.177 e. The van der Waals surface area contributed by atoms with Gasteiger partial charge in [-0.25, -0.2) is 4.98 Å². The molecule has 5 heteroatoms. The summed E-state index contributed by atoms with van der Waals surface area (Å²) in [7, 11) is 0. The monoisotopic (exact) mass is 315 g/mol. The Balaban J connectivity index is 2.27. The molecule has 0 spiro atoms. The molecule has 0 fully saturated rings. The van der Waals surface area contributed by atoms with Crippen LogP contribution in [0.4, 0.5) is 0 Å². The lowest BCUT2D eigenvalue weighted by molar-refractivity contribution is 0.547. The van der Waals surface area contributed by atoms with Gasteiger partial charge in [-0.15, -0.1) is 0 Å². The third-order valence-corrected chi connectivity index (χ3v) is 3.41. The molecule has 19 heavy (non-hydrogen) atoms. The number of nitriles is 1. The Hall–Kier alpha value is -2.06. The van der Waals surface area contributed by atoms with Crippen LogP contribution in [0.25, 0.3) is 22.6 Å². The van der Waals surface area contributed by atoms with E-state index in [4.69, 9.17) is 9.68 Å². The quantitative estimate of drug-likeness (QED) is 0.719. The van der Waals surface area contributed by atoms with Crippen molar-refractivity contribution >= 4 is 27.0 Å². The molecule has 0 saturated heterocycles. The second-order valence-corrected chi connectivity index (χ2v) is 4.88. The van der Waals surface area contributed by atoms with Crippen molar-refractivity contribution in [3.8, 4) is 17.7 Å². The van der Waals surface area contributed by atoms with Crippen LogP contribution in [0.1, 0.15) is 12.5 Å². The first-order valence-electron chi connectivity index (χ1n) is 5.89. The highest BCUT2D eigenvalue weighted by atomic mass is 79.9. The lowest BCUT2D eigenvalue weighted by atomic mass is 10.2. The van der Waals surface area contributed by atoms with Crippen molar-refractivity contribution in [2.45, 2.75) is 13.5 Å². The first-order chi connectivity index (χ1) is 9.22. The van der Waals surface area contributed by atoms with Gasteiger partial charge in [0.05, 0.1) is 22.7 Å². The van der Waals surface area contributed by atoms with E-state index >= 15 is 0 Å². The number of aryl methyl sites for hydroxylation is 1. The van der Waals surface area contributed by atoms with Crippen LogP contribution in [0, 0.1) is 11.3 Å². The number of rotatable bonds is 2. The van der Waals surface area contributed by atoms with E-state index in [0.29, 0.717) is 16.0 Å². The maximum absolute atomic E-state index is 8.94. The summed E-state index contributed by atoms with van der Waals surface area (Å²) in [6, 6.07) is 11.4. The van der Waals surface area contributed by atoms with E-state index in [2.05, 4.69) is 38.5 Å². The number of furan rings is 1. The van der Waals surface area contributed by atoms with E-state index in [1.807, 2.05) is 18.2 Å². The highest BCUT2D eigenvalue weighted by molar-refractivity contribution is 9.10. The third-order valence-electron chi connectivity index (χ3n) is 2.99. The van der Waals surface area contributed by atoms with Crippen LogP contribution >= 0.6 is 15.9 Å². The molecule has 0 unspecified atom stereocenters. The average molecular weight is 316 g/mol. The highest BCUT2D eigenvalue weighted by Crippen LogP contribution is 2.28. The summed E-state index contributed by atoms with van der Waals surface area (Å²) >= 11 is 3.30. The standard InChI is InChI=1S/C14H10BrN3O/c1-2-18-11-4-3-9(8-16)7-10(11)17-14(18)12-5-6-13(15)19-12/h3-7H,2H2,1H3. The van der Waals surface area contributed by atoms with Gasteiger partial charge >= 0.3 is 0 Å². The summed E-state index contributed by atoms with van der Waals surface area (Å²) in [5, 5.41) is 8.94. The minimum Gasteiger partial charge on any atom is -0.446 e. The summed E-state index contributed by atoms with van der Waals surface area (Å²) in [6.07, 6.45) is 0. The predicted molar refractivity (Wildman–Crippen MR) is 75.5 cm³/mol. The molecule has 0 aliphatic carbocycles. The van der Waals surface area contributed by atoms with Crippen molar-refractivity contribution in [2.24, 2.45) is 0 Å². The Kier molecular flexibility index (Phi) is 2.88. The molecule has 94 valence electrons. The van der Waals surface area contributed by atoms with Gasteiger partial charge in [-0.1, -0.05) is 0 Å². The van der Waals surface area contributed by atoms with Crippen LogP contribution < -0.4 is 0 Å². The number of hydrogen-bond acceptors (Lipinski definition) is 3. The molecular formula is C14H10BrN3O. The Bertz CT molecular complexity index is 795. The molecule has 0 N–H and O–H groups in total. The molecule has 0 saturated carbocycles. The molecule has 0 radical (unpaired) electrons. The molecule has 3 rings (SSSR count). The Morgan fingerprint density at radius 1 is 1.37 bits per heavy atom. The fraction of sp³-hybridized carbons (Fsp3) is 0.143. The summed E-state index contributed by atoms with van der Waals surface area (Å²) in [4.78, 5) is 4.57. The third kappa shape index (κ3) is 1.94. The van der Waals surface area contributed by atoms with Crippen LogP contribution in [0.2, 0.25) is 0 Å². The lowest BCUT2D eigenvalue weighted by Crippen LogP contribution is -1.96. The van der Waals surface area contributed by atoms with Crippen molar-refractivity contribution < 1.29 is 4.42 Å². The van der Waals surface area contributed by atoms with Crippen molar-refractivity contribution in [3.05, 3.63) is 40.6 Å². The second-order valence-electron chi connectivity index (χ2n) is 4.10. The Labute approximate surface area is 118 Å². The van der Waals surface area contributed by atoms with E-state index in [-0.39, 0.29) is 0 Å². The zero-order valence-electron chi connectivity index (χ0n) is 10.2. The molecule has 1 aromatic carbocycles. The number of fused-ring (bicyclic) bond motifs is 1.